The highest BCUT2D eigenvalue weighted by Gasteiger charge is 2.20. The summed E-state index contributed by atoms with van der Waals surface area (Å²) in [7, 11) is 3.23. The minimum absolute atomic E-state index is 0.193. The fourth-order valence-corrected chi connectivity index (χ4v) is 3.40. The van der Waals surface area contributed by atoms with Gasteiger partial charge < -0.3 is 19.9 Å². The molecule has 5 heteroatoms. The molecule has 0 atom stereocenters. The van der Waals surface area contributed by atoms with Gasteiger partial charge in [0, 0.05) is 6.04 Å². The van der Waals surface area contributed by atoms with E-state index in [1.165, 1.54) is 0 Å². The van der Waals surface area contributed by atoms with E-state index in [0.717, 1.165) is 42.5 Å². The summed E-state index contributed by atoms with van der Waals surface area (Å²) in [6.45, 7) is 0. The lowest BCUT2D eigenvalue weighted by Gasteiger charge is -2.27. The second-order valence-corrected chi connectivity index (χ2v) is 6.59. The number of aliphatic hydroxyl groups is 1. The second-order valence-electron chi connectivity index (χ2n) is 6.59. The lowest BCUT2D eigenvalue weighted by Crippen LogP contribution is -2.28. The standard InChI is InChI=1S/C21H24N2O3/c1-25-20-10-5-15(12-21(20)26-2)14-3-4-16(13-22)19(11-14)23-17-6-8-18(24)9-7-17/h3-5,10-12,17-18,23-24H,6-9H2,1-2H3. The maximum Gasteiger partial charge on any atom is 0.161 e. The van der Waals surface area contributed by atoms with Crippen molar-refractivity contribution < 1.29 is 14.6 Å². The largest absolute Gasteiger partial charge is 0.493 e. The van der Waals surface area contributed by atoms with Crippen LogP contribution in [0.4, 0.5) is 5.69 Å². The Morgan fingerprint density at radius 3 is 2.27 bits per heavy atom. The number of anilines is 1. The summed E-state index contributed by atoms with van der Waals surface area (Å²) in [4.78, 5) is 0. The third-order valence-electron chi connectivity index (χ3n) is 4.91. The van der Waals surface area contributed by atoms with E-state index in [1.807, 2.05) is 36.4 Å². The Bertz CT molecular complexity index is 805. The fraction of sp³-hybridized carbons (Fsp3) is 0.381. The molecule has 0 aliphatic heterocycles. The first-order valence-corrected chi connectivity index (χ1v) is 8.85. The Labute approximate surface area is 154 Å². The van der Waals surface area contributed by atoms with Crippen LogP contribution in [0.1, 0.15) is 31.2 Å². The number of nitriles is 1. The van der Waals surface area contributed by atoms with Gasteiger partial charge >= 0.3 is 0 Å². The molecule has 3 rings (SSSR count). The average Bonchev–Trinajstić information content (AvgIpc) is 2.69. The second kappa shape index (κ2) is 8.11. The summed E-state index contributed by atoms with van der Waals surface area (Å²) in [5.74, 6) is 1.36. The maximum atomic E-state index is 9.68. The monoisotopic (exact) mass is 352 g/mol. The lowest BCUT2D eigenvalue weighted by atomic mass is 9.92. The van der Waals surface area contributed by atoms with Crippen LogP contribution in [0, 0.1) is 11.3 Å². The highest BCUT2D eigenvalue weighted by Crippen LogP contribution is 2.34. The summed E-state index contributed by atoms with van der Waals surface area (Å²) in [5.41, 5.74) is 3.46. The minimum atomic E-state index is -0.193. The van der Waals surface area contributed by atoms with E-state index >= 15 is 0 Å². The first-order chi connectivity index (χ1) is 12.6. The molecule has 1 aliphatic carbocycles. The molecule has 1 aliphatic rings. The van der Waals surface area contributed by atoms with Gasteiger partial charge in [-0.3, -0.25) is 0 Å². The topological polar surface area (TPSA) is 74.5 Å². The SMILES string of the molecule is COc1ccc(-c2ccc(C#N)c(NC3CCC(O)CC3)c2)cc1OC. The van der Waals surface area contributed by atoms with E-state index < -0.39 is 0 Å². The lowest BCUT2D eigenvalue weighted by molar-refractivity contribution is 0.126. The molecule has 0 spiro atoms. The van der Waals surface area contributed by atoms with Gasteiger partial charge in [-0.1, -0.05) is 12.1 Å². The van der Waals surface area contributed by atoms with Crippen LogP contribution < -0.4 is 14.8 Å². The number of benzene rings is 2. The van der Waals surface area contributed by atoms with Gasteiger partial charge in [0.1, 0.15) is 6.07 Å². The first kappa shape index (κ1) is 18.1. The molecule has 0 heterocycles. The van der Waals surface area contributed by atoms with E-state index in [9.17, 15) is 10.4 Å². The molecule has 1 saturated carbocycles. The third kappa shape index (κ3) is 3.92. The van der Waals surface area contributed by atoms with Gasteiger partial charge in [0.15, 0.2) is 11.5 Å². The quantitative estimate of drug-likeness (QED) is 0.852. The van der Waals surface area contributed by atoms with Gasteiger partial charge in [0.25, 0.3) is 0 Å². The molecule has 2 N–H and O–H groups in total. The van der Waals surface area contributed by atoms with Crippen LogP contribution in [-0.4, -0.2) is 31.5 Å². The zero-order chi connectivity index (χ0) is 18.5. The predicted octanol–water partition coefficient (Wildman–Crippen LogP) is 3.96. The molecule has 26 heavy (non-hydrogen) atoms. The van der Waals surface area contributed by atoms with E-state index in [1.54, 1.807) is 14.2 Å². The predicted molar refractivity (Wildman–Crippen MR) is 102 cm³/mol. The number of aliphatic hydroxyl groups excluding tert-OH is 1. The maximum absolute atomic E-state index is 9.68. The number of nitrogens with zero attached hydrogens (tertiary/aromatic N) is 1. The van der Waals surface area contributed by atoms with Crippen molar-refractivity contribution in [3.05, 3.63) is 42.0 Å². The Balaban J connectivity index is 1.89. The van der Waals surface area contributed by atoms with Crippen molar-refractivity contribution in [2.24, 2.45) is 0 Å². The summed E-state index contributed by atoms with van der Waals surface area (Å²) in [6, 6.07) is 14.1. The van der Waals surface area contributed by atoms with Crippen LogP contribution in [0.3, 0.4) is 0 Å². The van der Waals surface area contributed by atoms with Crippen LogP contribution in [-0.2, 0) is 0 Å². The molecule has 0 amide bonds. The average molecular weight is 352 g/mol. The summed E-state index contributed by atoms with van der Waals surface area (Å²) >= 11 is 0. The molecule has 136 valence electrons. The van der Waals surface area contributed by atoms with Crippen molar-refractivity contribution in [1.29, 1.82) is 5.26 Å². The van der Waals surface area contributed by atoms with Gasteiger partial charge in [-0.25, -0.2) is 0 Å². The molecule has 0 bridgehead atoms. The van der Waals surface area contributed by atoms with Crippen LogP contribution >= 0.6 is 0 Å². The van der Waals surface area contributed by atoms with Crippen molar-refractivity contribution >= 4 is 5.69 Å². The van der Waals surface area contributed by atoms with Crippen LogP contribution in [0.25, 0.3) is 11.1 Å². The molecule has 2 aromatic rings. The molecule has 0 unspecified atom stereocenters. The third-order valence-corrected chi connectivity index (χ3v) is 4.91. The molecule has 2 aromatic carbocycles. The van der Waals surface area contributed by atoms with Gasteiger partial charge in [-0.2, -0.15) is 5.26 Å². The van der Waals surface area contributed by atoms with Crippen LogP contribution in [0.15, 0.2) is 36.4 Å². The number of hydrogen-bond donors (Lipinski definition) is 2. The van der Waals surface area contributed by atoms with E-state index in [-0.39, 0.29) is 12.1 Å². The molecule has 1 fully saturated rings. The number of methoxy groups -OCH3 is 2. The normalized spacial score (nSPS) is 19.5. The molecule has 5 nitrogen and oxygen atoms in total. The Morgan fingerprint density at radius 1 is 0.962 bits per heavy atom. The van der Waals surface area contributed by atoms with Crippen LogP contribution in [0.2, 0.25) is 0 Å². The fourth-order valence-electron chi connectivity index (χ4n) is 3.40. The summed E-state index contributed by atoms with van der Waals surface area (Å²) in [6.07, 6.45) is 3.23. The van der Waals surface area contributed by atoms with Crippen molar-refractivity contribution in [1.82, 2.24) is 0 Å². The highest BCUT2D eigenvalue weighted by molar-refractivity contribution is 5.74. The Hall–Kier alpha value is -2.71. The summed E-state index contributed by atoms with van der Waals surface area (Å²) in [5, 5.41) is 22.6. The highest BCUT2D eigenvalue weighted by atomic mass is 16.5. The van der Waals surface area contributed by atoms with Gasteiger partial charge in [-0.15, -0.1) is 0 Å². The van der Waals surface area contributed by atoms with E-state index in [2.05, 4.69) is 11.4 Å². The van der Waals surface area contributed by atoms with Crippen molar-refractivity contribution in [2.45, 2.75) is 37.8 Å². The van der Waals surface area contributed by atoms with Gasteiger partial charge in [0.2, 0.25) is 0 Å². The molecular weight excluding hydrogens is 328 g/mol. The van der Waals surface area contributed by atoms with Crippen LogP contribution in [0.5, 0.6) is 11.5 Å². The number of ether oxygens (including phenoxy) is 2. The zero-order valence-electron chi connectivity index (χ0n) is 15.2. The Kier molecular flexibility index (Phi) is 5.65. The van der Waals surface area contributed by atoms with E-state index in [4.69, 9.17) is 9.47 Å². The molecule has 0 radical (unpaired) electrons. The van der Waals surface area contributed by atoms with Crippen molar-refractivity contribution in [3.63, 3.8) is 0 Å². The van der Waals surface area contributed by atoms with Gasteiger partial charge in [0.05, 0.1) is 31.6 Å². The number of rotatable bonds is 5. The van der Waals surface area contributed by atoms with Crippen molar-refractivity contribution in [3.8, 4) is 28.7 Å². The summed E-state index contributed by atoms with van der Waals surface area (Å²) < 4.78 is 10.7. The zero-order valence-corrected chi connectivity index (χ0v) is 15.2. The first-order valence-electron chi connectivity index (χ1n) is 8.85. The molecule has 0 aromatic heterocycles. The number of nitrogens with one attached hydrogen (secondary N) is 1. The number of hydrogen-bond acceptors (Lipinski definition) is 5. The minimum Gasteiger partial charge on any atom is -0.493 e. The Morgan fingerprint density at radius 2 is 1.62 bits per heavy atom. The van der Waals surface area contributed by atoms with Gasteiger partial charge in [-0.05, 0) is 61.1 Å². The molecule has 0 saturated heterocycles. The smallest absolute Gasteiger partial charge is 0.161 e. The van der Waals surface area contributed by atoms with E-state index in [0.29, 0.717) is 17.1 Å². The molecular formula is C21H24N2O3. The van der Waals surface area contributed by atoms with Crippen molar-refractivity contribution in [2.75, 3.05) is 19.5 Å².